The van der Waals surface area contributed by atoms with Crippen LogP contribution in [0.4, 0.5) is 0 Å². The minimum atomic E-state index is -0.0739. The van der Waals surface area contributed by atoms with Crippen molar-refractivity contribution in [2.45, 2.75) is 69.4 Å². The van der Waals surface area contributed by atoms with Crippen molar-refractivity contribution >= 4 is 11.8 Å². The molecule has 0 saturated heterocycles. The van der Waals surface area contributed by atoms with Crippen molar-refractivity contribution in [3.05, 3.63) is 11.7 Å². The largest absolute Gasteiger partial charge is 0.338 e. The van der Waals surface area contributed by atoms with Gasteiger partial charge in [0.25, 0.3) is 0 Å². The topological polar surface area (TPSA) is 64.9 Å². The first-order chi connectivity index (χ1) is 9.20. The van der Waals surface area contributed by atoms with E-state index in [1.165, 1.54) is 32.1 Å². The van der Waals surface area contributed by atoms with Gasteiger partial charge < -0.3 is 10.3 Å². The molecule has 0 spiro atoms. The fourth-order valence-corrected chi connectivity index (χ4v) is 3.28. The Kier molecular flexibility index (Phi) is 5.70. The summed E-state index contributed by atoms with van der Waals surface area (Å²) >= 11 is 1.86. The van der Waals surface area contributed by atoms with Crippen LogP contribution < -0.4 is 5.73 Å². The summed E-state index contributed by atoms with van der Waals surface area (Å²) in [6, 6.07) is -0.0739. The standard InChI is InChI=1S/C14H25N3OS/c1-3-10(2)19-9-12-16-14(18-17-12)13(15)11-7-5-4-6-8-11/h10-11,13H,3-9,15H2,1-2H3. The number of hydrogen-bond acceptors (Lipinski definition) is 5. The molecular weight excluding hydrogens is 258 g/mol. The van der Waals surface area contributed by atoms with E-state index in [1.807, 2.05) is 11.8 Å². The van der Waals surface area contributed by atoms with Crippen LogP contribution in [0.25, 0.3) is 0 Å². The first-order valence-electron chi connectivity index (χ1n) is 7.40. The van der Waals surface area contributed by atoms with Gasteiger partial charge in [-0.3, -0.25) is 0 Å². The summed E-state index contributed by atoms with van der Waals surface area (Å²) in [5.41, 5.74) is 6.26. The van der Waals surface area contributed by atoms with Gasteiger partial charge in [-0.1, -0.05) is 38.3 Å². The van der Waals surface area contributed by atoms with Crippen molar-refractivity contribution in [2.75, 3.05) is 0 Å². The van der Waals surface area contributed by atoms with E-state index in [4.69, 9.17) is 10.3 Å². The number of thioether (sulfide) groups is 1. The molecular formula is C14H25N3OS. The van der Waals surface area contributed by atoms with E-state index in [-0.39, 0.29) is 6.04 Å². The normalized spacial score (nSPS) is 20.4. The quantitative estimate of drug-likeness (QED) is 0.862. The molecule has 2 rings (SSSR count). The Morgan fingerprint density at radius 2 is 2.11 bits per heavy atom. The summed E-state index contributed by atoms with van der Waals surface area (Å²) in [6.45, 7) is 4.41. The average molecular weight is 283 g/mol. The smallest absolute Gasteiger partial charge is 0.243 e. The van der Waals surface area contributed by atoms with Crippen LogP contribution in [0.3, 0.4) is 0 Å². The lowest BCUT2D eigenvalue weighted by Crippen LogP contribution is -2.23. The van der Waals surface area contributed by atoms with Gasteiger partial charge in [-0.05, 0) is 25.2 Å². The van der Waals surface area contributed by atoms with E-state index in [1.54, 1.807) is 0 Å². The van der Waals surface area contributed by atoms with E-state index in [0.29, 0.717) is 17.1 Å². The van der Waals surface area contributed by atoms with Gasteiger partial charge in [0.05, 0.1) is 11.8 Å². The third-order valence-corrected chi connectivity index (χ3v) is 5.33. The number of rotatable bonds is 6. The fraction of sp³-hybridized carbons (Fsp3) is 0.857. The van der Waals surface area contributed by atoms with Crippen molar-refractivity contribution in [1.82, 2.24) is 10.1 Å². The Balaban J connectivity index is 1.88. The van der Waals surface area contributed by atoms with Crippen molar-refractivity contribution in [2.24, 2.45) is 11.7 Å². The molecule has 0 bridgehead atoms. The number of aromatic nitrogens is 2. The van der Waals surface area contributed by atoms with Crippen molar-refractivity contribution < 1.29 is 4.52 Å². The van der Waals surface area contributed by atoms with Gasteiger partial charge in [0.2, 0.25) is 5.89 Å². The molecule has 108 valence electrons. The molecule has 4 nitrogen and oxygen atoms in total. The van der Waals surface area contributed by atoms with Crippen LogP contribution in [0.1, 0.15) is 70.1 Å². The van der Waals surface area contributed by atoms with Crippen LogP contribution >= 0.6 is 11.8 Å². The molecule has 1 aliphatic rings. The molecule has 1 aliphatic carbocycles. The molecule has 1 heterocycles. The molecule has 0 aromatic carbocycles. The average Bonchev–Trinajstić information content (AvgIpc) is 2.93. The molecule has 0 radical (unpaired) electrons. The molecule has 2 N–H and O–H groups in total. The highest BCUT2D eigenvalue weighted by Crippen LogP contribution is 2.32. The summed E-state index contributed by atoms with van der Waals surface area (Å²) in [5, 5.41) is 4.68. The zero-order valence-electron chi connectivity index (χ0n) is 12.0. The predicted octanol–water partition coefficient (Wildman–Crippen LogP) is 3.68. The summed E-state index contributed by atoms with van der Waals surface area (Å²) in [7, 11) is 0. The molecule has 2 unspecified atom stereocenters. The Morgan fingerprint density at radius 3 is 2.79 bits per heavy atom. The molecule has 0 aliphatic heterocycles. The van der Waals surface area contributed by atoms with Gasteiger partial charge in [0.15, 0.2) is 5.82 Å². The lowest BCUT2D eigenvalue weighted by molar-refractivity contribution is 0.255. The lowest BCUT2D eigenvalue weighted by Gasteiger charge is -2.24. The van der Waals surface area contributed by atoms with Crippen molar-refractivity contribution in [1.29, 1.82) is 0 Å². The van der Waals surface area contributed by atoms with Crippen LogP contribution in [0, 0.1) is 5.92 Å². The predicted molar refractivity (Wildman–Crippen MR) is 78.8 cm³/mol. The van der Waals surface area contributed by atoms with E-state index in [0.717, 1.165) is 18.0 Å². The minimum absolute atomic E-state index is 0.0739. The number of nitrogens with two attached hydrogens (primary N) is 1. The van der Waals surface area contributed by atoms with E-state index < -0.39 is 0 Å². The van der Waals surface area contributed by atoms with Crippen LogP contribution in [0.5, 0.6) is 0 Å². The van der Waals surface area contributed by atoms with Crippen LogP contribution in [-0.2, 0) is 5.75 Å². The second-order valence-electron chi connectivity index (χ2n) is 5.50. The molecule has 1 fully saturated rings. The van der Waals surface area contributed by atoms with Gasteiger partial charge in [-0.15, -0.1) is 0 Å². The van der Waals surface area contributed by atoms with E-state index in [9.17, 15) is 0 Å². The minimum Gasteiger partial charge on any atom is -0.338 e. The number of hydrogen-bond donors (Lipinski definition) is 1. The zero-order chi connectivity index (χ0) is 13.7. The Hall–Kier alpha value is -0.550. The van der Waals surface area contributed by atoms with Gasteiger partial charge in [0, 0.05) is 5.25 Å². The van der Waals surface area contributed by atoms with Crippen LogP contribution in [0.15, 0.2) is 4.52 Å². The Bertz CT molecular complexity index is 377. The highest BCUT2D eigenvalue weighted by atomic mass is 32.2. The third kappa shape index (κ3) is 4.21. The lowest BCUT2D eigenvalue weighted by atomic mass is 9.84. The summed E-state index contributed by atoms with van der Waals surface area (Å²) in [5.74, 6) is 2.75. The summed E-state index contributed by atoms with van der Waals surface area (Å²) < 4.78 is 5.35. The Morgan fingerprint density at radius 1 is 1.37 bits per heavy atom. The van der Waals surface area contributed by atoms with Gasteiger partial charge in [-0.25, -0.2) is 0 Å². The highest BCUT2D eigenvalue weighted by molar-refractivity contribution is 7.99. The van der Waals surface area contributed by atoms with E-state index in [2.05, 4.69) is 24.0 Å². The van der Waals surface area contributed by atoms with Crippen LogP contribution in [0.2, 0.25) is 0 Å². The SMILES string of the molecule is CCC(C)SCc1noc(C(N)C2CCCCC2)n1. The van der Waals surface area contributed by atoms with Gasteiger partial charge in [0.1, 0.15) is 0 Å². The molecule has 1 saturated carbocycles. The van der Waals surface area contributed by atoms with Gasteiger partial charge in [-0.2, -0.15) is 16.7 Å². The summed E-state index contributed by atoms with van der Waals surface area (Å²) in [4.78, 5) is 4.47. The third-order valence-electron chi connectivity index (χ3n) is 4.00. The van der Waals surface area contributed by atoms with Gasteiger partial charge >= 0.3 is 0 Å². The van der Waals surface area contributed by atoms with Crippen LogP contribution in [-0.4, -0.2) is 15.4 Å². The fourth-order valence-electron chi connectivity index (χ4n) is 2.49. The number of nitrogens with zero attached hydrogens (tertiary/aromatic N) is 2. The highest BCUT2D eigenvalue weighted by Gasteiger charge is 2.26. The van der Waals surface area contributed by atoms with Crippen molar-refractivity contribution in [3.63, 3.8) is 0 Å². The molecule has 19 heavy (non-hydrogen) atoms. The second kappa shape index (κ2) is 7.29. The molecule has 5 heteroatoms. The first-order valence-corrected chi connectivity index (χ1v) is 8.45. The monoisotopic (exact) mass is 283 g/mol. The zero-order valence-corrected chi connectivity index (χ0v) is 12.8. The maximum absolute atomic E-state index is 6.26. The maximum Gasteiger partial charge on any atom is 0.243 e. The second-order valence-corrected chi connectivity index (χ2v) is 6.93. The Labute approximate surface area is 119 Å². The first kappa shape index (κ1) is 14.9. The van der Waals surface area contributed by atoms with Crippen molar-refractivity contribution in [3.8, 4) is 0 Å². The molecule has 2 atom stereocenters. The maximum atomic E-state index is 6.26. The molecule has 0 amide bonds. The molecule has 1 aromatic heterocycles. The summed E-state index contributed by atoms with van der Waals surface area (Å²) in [6.07, 6.45) is 7.45. The molecule has 1 aromatic rings. The van der Waals surface area contributed by atoms with E-state index >= 15 is 0 Å².